The number of ether oxygens (including phenoxy) is 1. The number of carbonyl (C=O) groups is 3. The number of amides is 1. The number of hydrogen-bond donors (Lipinski definition) is 2. The van der Waals surface area contributed by atoms with Gasteiger partial charge in [-0.2, -0.15) is 0 Å². The zero-order valence-corrected chi connectivity index (χ0v) is 11.5. The molecule has 0 saturated carbocycles. The van der Waals surface area contributed by atoms with E-state index in [0.717, 1.165) is 12.5 Å². The Kier molecular flexibility index (Phi) is 5.99. The number of benzene rings is 1. The number of carboxylic acids is 1. The van der Waals surface area contributed by atoms with Crippen LogP contribution in [0, 0.1) is 0 Å². The van der Waals surface area contributed by atoms with Crippen LogP contribution in [0.2, 0.25) is 5.02 Å². The van der Waals surface area contributed by atoms with E-state index < -0.39 is 30.5 Å². The molecule has 0 heterocycles. The molecule has 0 aliphatic rings. The van der Waals surface area contributed by atoms with Crippen LogP contribution < -0.4 is 5.32 Å². The van der Waals surface area contributed by atoms with Crippen molar-refractivity contribution in [1.29, 1.82) is 0 Å². The molecule has 1 aromatic rings. The van der Waals surface area contributed by atoms with Crippen LogP contribution in [0.5, 0.6) is 0 Å². The fourth-order valence-electron chi connectivity index (χ4n) is 1.46. The average molecular weight is 300 g/mol. The third kappa shape index (κ3) is 5.71. The van der Waals surface area contributed by atoms with Crippen molar-refractivity contribution in [2.45, 2.75) is 19.4 Å². The van der Waals surface area contributed by atoms with Gasteiger partial charge in [0.1, 0.15) is 6.04 Å². The van der Waals surface area contributed by atoms with E-state index in [-0.39, 0.29) is 6.42 Å². The molecular formula is C13H14ClNO5. The monoisotopic (exact) mass is 299 g/mol. The van der Waals surface area contributed by atoms with Gasteiger partial charge in [0, 0.05) is 18.4 Å². The summed E-state index contributed by atoms with van der Waals surface area (Å²) in [7, 11) is 0. The topological polar surface area (TPSA) is 92.7 Å². The fraction of sp³-hybridized carbons (Fsp3) is 0.308. The van der Waals surface area contributed by atoms with Crippen LogP contribution in [0.4, 0.5) is 0 Å². The molecule has 2 N–H and O–H groups in total. The number of esters is 1. The van der Waals surface area contributed by atoms with Crippen molar-refractivity contribution in [3.05, 3.63) is 34.9 Å². The predicted octanol–water partition coefficient (Wildman–Crippen LogP) is 1.01. The lowest BCUT2D eigenvalue weighted by Crippen LogP contribution is -2.44. The van der Waals surface area contributed by atoms with Crippen LogP contribution in [-0.2, 0) is 25.5 Å². The summed E-state index contributed by atoms with van der Waals surface area (Å²) < 4.78 is 4.49. The van der Waals surface area contributed by atoms with Gasteiger partial charge in [0.2, 0.25) is 0 Å². The number of carbonyl (C=O) groups excluding carboxylic acids is 2. The molecule has 0 fully saturated rings. The molecule has 0 aromatic heterocycles. The van der Waals surface area contributed by atoms with Gasteiger partial charge in [-0.3, -0.25) is 9.59 Å². The number of rotatable bonds is 6. The molecule has 0 spiro atoms. The van der Waals surface area contributed by atoms with Gasteiger partial charge in [0.15, 0.2) is 6.61 Å². The first-order chi connectivity index (χ1) is 9.38. The Labute approximate surface area is 120 Å². The van der Waals surface area contributed by atoms with Crippen LogP contribution in [0.25, 0.3) is 0 Å². The third-order valence-corrected chi connectivity index (χ3v) is 2.64. The average Bonchev–Trinajstić information content (AvgIpc) is 2.38. The van der Waals surface area contributed by atoms with E-state index in [9.17, 15) is 14.4 Å². The molecule has 0 aliphatic carbocycles. The lowest BCUT2D eigenvalue weighted by molar-refractivity contribution is -0.148. The standard InChI is InChI=1S/C13H14ClNO5/c1-8(16)20-7-12(17)15-11(13(18)19)6-9-2-4-10(14)5-3-9/h2-5,11H,6-7H2,1H3,(H,15,17)(H,18,19)/t11-/m0/s1. The van der Waals surface area contributed by atoms with Crippen molar-refractivity contribution in [3.63, 3.8) is 0 Å². The summed E-state index contributed by atoms with van der Waals surface area (Å²) in [5, 5.41) is 11.9. The van der Waals surface area contributed by atoms with E-state index in [1.807, 2.05) is 0 Å². The number of carboxylic acid groups (broad SMARTS) is 1. The van der Waals surface area contributed by atoms with Crippen LogP contribution in [0.15, 0.2) is 24.3 Å². The van der Waals surface area contributed by atoms with Gasteiger partial charge in [-0.15, -0.1) is 0 Å². The number of hydrogen-bond acceptors (Lipinski definition) is 4. The maximum atomic E-state index is 11.4. The van der Waals surface area contributed by atoms with Crippen LogP contribution >= 0.6 is 11.6 Å². The predicted molar refractivity (Wildman–Crippen MR) is 71.4 cm³/mol. The SMILES string of the molecule is CC(=O)OCC(=O)N[C@@H](Cc1ccc(Cl)cc1)C(=O)O. The molecule has 0 bridgehead atoms. The summed E-state index contributed by atoms with van der Waals surface area (Å²) in [4.78, 5) is 33.1. The van der Waals surface area contributed by atoms with E-state index in [1.54, 1.807) is 24.3 Å². The fourth-order valence-corrected chi connectivity index (χ4v) is 1.59. The quantitative estimate of drug-likeness (QED) is 0.765. The van der Waals surface area contributed by atoms with Gasteiger partial charge in [0.05, 0.1) is 0 Å². The summed E-state index contributed by atoms with van der Waals surface area (Å²) >= 11 is 5.73. The summed E-state index contributed by atoms with van der Waals surface area (Å²) in [6.07, 6.45) is 0.109. The van der Waals surface area contributed by atoms with Crippen LogP contribution in [-0.4, -0.2) is 35.6 Å². The molecule has 1 rings (SSSR count). The Morgan fingerprint density at radius 2 is 1.90 bits per heavy atom. The highest BCUT2D eigenvalue weighted by molar-refractivity contribution is 6.30. The lowest BCUT2D eigenvalue weighted by Gasteiger charge is -2.14. The maximum Gasteiger partial charge on any atom is 0.326 e. The van der Waals surface area contributed by atoms with E-state index in [4.69, 9.17) is 16.7 Å². The first-order valence-corrected chi connectivity index (χ1v) is 6.16. The molecular weight excluding hydrogens is 286 g/mol. The second-order valence-corrected chi connectivity index (χ2v) is 4.51. The third-order valence-electron chi connectivity index (χ3n) is 2.39. The zero-order valence-electron chi connectivity index (χ0n) is 10.8. The molecule has 0 radical (unpaired) electrons. The maximum absolute atomic E-state index is 11.4. The Hall–Kier alpha value is -2.08. The van der Waals surface area contributed by atoms with Crippen LogP contribution in [0.3, 0.4) is 0 Å². The summed E-state index contributed by atoms with van der Waals surface area (Å²) in [5.41, 5.74) is 0.717. The highest BCUT2D eigenvalue weighted by atomic mass is 35.5. The highest BCUT2D eigenvalue weighted by Crippen LogP contribution is 2.11. The smallest absolute Gasteiger partial charge is 0.326 e. The lowest BCUT2D eigenvalue weighted by atomic mass is 10.1. The molecule has 1 aromatic carbocycles. The first-order valence-electron chi connectivity index (χ1n) is 5.78. The van der Waals surface area contributed by atoms with Gasteiger partial charge in [-0.1, -0.05) is 23.7 Å². The molecule has 0 aliphatic heterocycles. The summed E-state index contributed by atoms with van der Waals surface area (Å²) in [6.45, 7) is 0.662. The van der Waals surface area contributed by atoms with E-state index in [1.165, 1.54) is 0 Å². The summed E-state index contributed by atoms with van der Waals surface area (Å²) in [5.74, 6) is -2.44. The normalized spacial score (nSPS) is 11.5. The van der Waals surface area contributed by atoms with E-state index in [0.29, 0.717) is 5.02 Å². The molecule has 108 valence electrons. The minimum absolute atomic E-state index is 0.109. The minimum Gasteiger partial charge on any atom is -0.480 e. The van der Waals surface area contributed by atoms with Gasteiger partial charge >= 0.3 is 11.9 Å². The summed E-state index contributed by atoms with van der Waals surface area (Å²) in [6, 6.07) is 5.53. The molecule has 0 saturated heterocycles. The molecule has 20 heavy (non-hydrogen) atoms. The Morgan fingerprint density at radius 3 is 2.40 bits per heavy atom. The highest BCUT2D eigenvalue weighted by Gasteiger charge is 2.20. The molecule has 6 nitrogen and oxygen atoms in total. The van der Waals surface area contributed by atoms with Crippen molar-refractivity contribution in [2.24, 2.45) is 0 Å². The zero-order chi connectivity index (χ0) is 15.1. The number of aliphatic carboxylic acids is 1. The number of halogens is 1. The van der Waals surface area contributed by atoms with Gasteiger partial charge < -0.3 is 15.2 Å². The Bertz CT molecular complexity index is 500. The number of nitrogens with one attached hydrogen (secondary N) is 1. The molecule has 1 atom stereocenters. The van der Waals surface area contributed by atoms with E-state index in [2.05, 4.69) is 10.1 Å². The molecule has 7 heteroatoms. The van der Waals surface area contributed by atoms with Crippen molar-refractivity contribution in [1.82, 2.24) is 5.32 Å². The van der Waals surface area contributed by atoms with Gasteiger partial charge in [-0.25, -0.2) is 4.79 Å². The molecule has 0 unspecified atom stereocenters. The minimum atomic E-state index is -1.17. The second kappa shape index (κ2) is 7.49. The van der Waals surface area contributed by atoms with Gasteiger partial charge in [-0.05, 0) is 17.7 Å². The van der Waals surface area contributed by atoms with Crippen molar-refractivity contribution in [2.75, 3.05) is 6.61 Å². The molecule has 1 amide bonds. The van der Waals surface area contributed by atoms with Crippen molar-refractivity contribution < 1.29 is 24.2 Å². The van der Waals surface area contributed by atoms with Gasteiger partial charge in [0.25, 0.3) is 5.91 Å². The Balaban J connectivity index is 2.60. The van der Waals surface area contributed by atoms with Crippen molar-refractivity contribution in [3.8, 4) is 0 Å². The second-order valence-electron chi connectivity index (χ2n) is 4.07. The largest absolute Gasteiger partial charge is 0.480 e. The van der Waals surface area contributed by atoms with Crippen LogP contribution in [0.1, 0.15) is 12.5 Å². The Morgan fingerprint density at radius 1 is 1.30 bits per heavy atom. The van der Waals surface area contributed by atoms with Crippen molar-refractivity contribution >= 4 is 29.4 Å². The first kappa shape index (κ1) is 16.0. The van der Waals surface area contributed by atoms with E-state index >= 15 is 0 Å².